The highest BCUT2D eigenvalue weighted by Crippen LogP contribution is 2.05. The molecule has 1 amide bonds. The lowest BCUT2D eigenvalue weighted by molar-refractivity contribution is 0.0690. The van der Waals surface area contributed by atoms with Crippen LogP contribution in [0.2, 0.25) is 0 Å². The SMILES string of the molecule is O=C(O)c1cccnc1C(=O)NCc1csc(=O)[nH]1. The van der Waals surface area contributed by atoms with Gasteiger partial charge in [-0.15, -0.1) is 0 Å². The molecule has 0 unspecified atom stereocenters. The second-order valence-corrected chi connectivity index (χ2v) is 4.40. The van der Waals surface area contributed by atoms with E-state index in [0.717, 1.165) is 11.3 Å². The van der Waals surface area contributed by atoms with E-state index in [2.05, 4.69) is 15.3 Å². The van der Waals surface area contributed by atoms with Crippen molar-refractivity contribution in [3.05, 3.63) is 50.3 Å². The van der Waals surface area contributed by atoms with Gasteiger partial charge in [0.1, 0.15) is 5.69 Å². The third kappa shape index (κ3) is 3.05. The van der Waals surface area contributed by atoms with Crippen LogP contribution in [-0.2, 0) is 6.54 Å². The number of carbonyl (C=O) groups is 2. The van der Waals surface area contributed by atoms with Gasteiger partial charge in [0.25, 0.3) is 5.91 Å². The third-order valence-electron chi connectivity index (χ3n) is 2.26. The minimum Gasteiger partial charge on any atom is -0.478 e. The Morgan fingerprint density at radius 2 is 2.26 bits per heavy atom. The van der Waals surface area contributed by atoms with Gasteiger partial charge in [0, 0.05) is 17.3 Å². The van der Waals surface area contributed by atoms with E-state index in [1.807, 2.05) is 0 Å². The summed E-state index contributed by atoms with van der Waals surface area (Å²) in [5.74, 6) is -1.83. The predicted octanol–water partition coefficient (Wildman–Crippen LogP) is 0.460. The number of hydrogen-bond donors (Lipinski definition) is 3. The van der Waals surface area contributed by atoms with Crippen LogP contribution in [0.3, 0.4) is 0 Å². The van der Waals surface area contributed by atoms with E-state index in [9.17, 15) is 14.4 Å². The van der Waals surface area contributed by atoms with Gasteiger partial charge < -0.3 is 15.4 Å². The van der Waals surface area contributed by atoms with Crippen molar-refractivity contribution in [1.82, 2.24) is 15.3 Å². The van der Waals surface area contributed by atoms with Gasteiger partial charge in [-0.3, -0.25) is 14.6 Å². The third-order valence-corrected chi connectivity index (χ3v) is 2.98. The highest BCUT2D eigenvalue weighted by atomic mass is 32.1. The van der Waals surface area contributed by atoms with E-state index < -0.39 is 11.9 Å². The summed E-state index contributed by atoms with van der Waals surface area (Å²) >= 11 is 0.988. The summed E-state index contributed by atoms with van der Waals surface area (Å²) in [6.45, 7) is 0.104. The Hall–Kier alpha value is -2.48. The Balaban J connectivity index is 2.12. The molecule has 0 bridgehead atoms. The second kappa shape index (κ2) is 5.44. The average Bonchev–Trinajstić information content (AvgIpc) is 2.81. The van der Waals surface area contributed by atoms with Crippen LogP contribution in [0.25, 0.3) is 0 Å². The van der Waals surface area contributed by atoms with Crippen LogP contribution >= 0.6 is 11.3 Å². The fourth-order valence-electron chi connectivity index (χ4n) is 1.42. The number of H-pyrrole nitrogens is 1. The number of nitrogens with zero attached hydrogens (tertiary/aromatic N) is 1. The maximum absolute atomic E-state index is 11.8. The highest BCUT2D eigenvalue weighted by Gasteiger charge is 2.17. The van der Waals surface area contributed by atoms with E-state index in [1.165, 1.54) is 18.3 Å². The van der Waals surface area contributed by atoms with Crippen LogP contribution in [0, 0.1) is 0 Å². The van der Waals surface area contributed by atoms with Crippen molar-refractivity contribution in [1.29, 1.82) is 0 Å². The van der Waals surface area contributed by atoms with E-state index in [-0.39, 0.29) is 22.7 Å². The van der Waals surface area contributed by atoms with E-state index >= 15 is 0 Å². The molecule has 3 N–H and O–H groups in total. The van der Waals surface area contributed by atoms with Gasteiger partial charge in [-0.25, -0.2) is 4.79 Å². The molecule has 0 aliphatic rings. The topological polar surface area (TPSA) is 112 Å². The van der Waals surface area contributed by atoms with Crippen molar-refractivity contribution in [3.63, 3.8) is 0 Å². The van der Waals surface area contributed by atoms with Crippen molar-refractivity contribution >= 4 is 23.2 Å². The first-order valence-corrected chi connectivity index (χ1v) is 6.09. The number of nitrogens with one attached hydrogen (secondary N) is 2. The molecule has 0 aliphatic carbocycles. The Bertz CT molecular complexity index is 676. The summed E-state index contributed by atoms with van der Waals surface area (Å²) in [5.41, 5.74) is 0.225. The van der Waals surface area contributed by atoms with Gasteiger partial charge in [0.15, 0.2) is 0 Å². The number of carbonyl (C=O) groups excluding carboxylic acids is 1. The van der Waals surface area contributed by atoms with Gasteiger partial charge in [-0.05, 0) is 12.1 Å². The number of rotatable bonds is 4. The first-order chi connectivity index (χ1) is 9.08. The number of pyridine rings is 1. The number of amides is 1. The molecule has 2 aromatic heterocycles. The highest BCUT2D eigenvalue weighted by molar-refractivity contribution is 7.07. The number of hydrogen-bond acceptors (Lipinski definition) is 5. The first-order valence-electron chi connectivity index (χ1n) is 5.21. The zero-order valence-electron chi connectivity index (χ0n) is 9.54. The molecule has 0 spiro atoms. The fourth-order valence-corrected chi connectivity index (χ4v) is 2.00. The maximum Gasteiger partial charge on any atom is 0.338 e. The van der Waals surface area contributed by atoms with Crippen LogP contribution in [0.1, 0.15) is 26.5 Å². The van der Waals surface area contributed by atoms with Crippen molar-refractivity contribution < 1.29 is 14.7 Å². The molecular weight excluding hydrogens is 270 g/mol. The number of thiazole rings is 1. The van der Waals surface area contributed by atoms with Gasteiger partial charge >= 0.3 is 10.8 Å². The fraction of sp³-hybridized carbons (Fsp3) is 0.0909. The van der Waals surface area contributed by atoms with E-state index in [4.69, 9.17) is 5.11 Å². The molecule has 98 valence electrons. The lowest BCUT2D eigenvalue weighted by Gasteiger charge is -2.05. The smallest absolute Gasteiger partial charge is 0.338 e. The standard InChI is InChI=1S/C11H9N3O4S/c15-9(13-4-6-5-19-11(18)14-6)8-7(10(16)17)2-1-3-12-8/h1-3,5H,4H2,(H,13,15)(H,14,18)(H,16,17). The van der Waals surface area contributed by atoms with Crippen molar-refractivity contribution in [2.75, 3.05) is 0 Å². The molecule has 0 saturated carbocycles. The van der Waals surface area contributed by atoms with Crippen molar-refractivity contribution in [2.24, 2.45) is 0 Å². The molecule has 0 fully saturated rings. The lowest BCUT2D eigenvalue weighted by atomic mass is 10.2. The Labute approximate surface area is 110 Å². The van der Waals surface area contributed by atoms with Gasteiger partial charge in [-0.1, -0.05) is 11.3 Å². The number of aromatic carboxylic acids is 1. The Kier molecular flexibility index (Phi) is 3.71. The Morgan fingerprint density at radius 3 is 2.89 bits per heavy atom. The quantitative estimate of drug-likeness (QED) is 0.752. The van der Waals surface area contributed by atoms with Crippen LogP contribution in [-0.4, -0.2) is 27.0 Å². The van der Waals surface area contributed by atoms with E-state index in [0.29, 0.717) is 5.69 Å². The molecule has 2 rings (SSSR count). The van der Waals surface area contributed by atoms with Crippen LogP contribution in [0.5, 0.6) is 0 Å². The maximum atomic E-state index is 11.8. The number of aromatic nitrogens is 2. The average molecular weight is 279 g/mol. The molecule has 0 atom stereocenters. The first kappa shape index (κ1) is 13.0. The summed E-state index contributed by atoms with van der Waals surface area (Å²) < 4.78 is 0. The second-order valence-electron chi connectivity index (χ2n) is 3.56. The summed E-state index contributed by atoms with van der Waals surface area (Å²) in [6.07, 6.45) is 1.34. The summed E-state index contributed by atoms with van der Waals surface area (Å²) in [7, 11) is 0. The zero-order chi connectivity index (χ0) is 13.8. The lowest BCUT2D eigenvalue weighted by Crippen LogP contribution is -2.26. The molecule has 0 aromatic carbocycles. The van der Waals surface area contributed by atoms with Gasteiger partial charge in [-0.2, -0.15) is 0 Å². The molecule has 8 heteroatoms. The number of aromatic amines is 1. The molecule has 2 heterocycles. The van der Waals surface area contributed by atoms with Crippen LogP contribution in [0.15, 0.2) is 28.5 Å². The van der Waals surface area contributed by atoms with Crippen LogP contribution < -0.4 is 10.2 Å². The molecule has 2 aromatic rings. The number of carboxylic acids is 1. The zero-order valence-corrected chi connectivity index (χ0v) is 10.4. The van der Waals surface area contributed by atoms with E-state index in [1.54, 1.807) is 5.38 Å². The molecule has 19 heavy (non-hydrogen) atoms. The van der Waals surface area contributed by atoms with Gasteiger partial charge in [0.2, 0.25) is 0 Å². The predicted molar refractivity (Wildman–Crippen MR) is 67.3 cm³/mol. The largest absolute Gasteiger partial charge is 0.478 e. The Morgan fingerprint density at radius 1 is 1.47 bits per heavy atom. The van der Waals surface area contributed by atoms with Crippen molar-refractivity contribution in [3.8, 4) is 0 Å². The van der Waals surface area contributed by atoms with Crippen LogP contribution in [0.4, 0.5) is 0 Å². The minimum atomic E-state index is -1.22. The number of carboxylic acid groups (broad SMARTS) is 1. The minimum absolute atomic E-state index is 0.104. The summed E-state index contributed by atoms with van der Waals surface area (Å²) in [5, 5.41) is 13.0. The molecule has 7 nitrogen and oxygen atoms in total. The summed E-state index contributed by atoms with van der Waals surface area (Å²) in [6, 6.07) is 2.74. The normalized spacial score (nSPS) is 10.1. The molecule has 0 radical (unpaired) electrons. The molecular formula is C11H9N3O4S. The summed E-state index contributed by atoms with van der Waals surface area (Å²) in [4.78, 5) is 39.7. The molecule has 0 saturated heterocycles. The molecule has 0 aliphatic heterocycles. The van der Waals surface area contributed by atoms with Gasteiger partial charge in [0.05, 0.1) is 12.1 Å². The monoisotopic (exact) mass is 279 g/mol. The van der Waals surface area contributed by atoms with Crippen molar-refractivity contribution in [2.45, 2.75) is 6.54 Å².